The van der Waals surface area contributed by atoms with E-state index in [9.17, 15) is 4.79 Å². The van der Waals surface area contributed by atoms with Crippen molar-refractivity contribution in [3.63, 3.8) is 0 Å². The summed E-state index contributed by atoms with van der Waals surface area (Å²) in [5, 5.41) is 0. The lowest BCUT2D eigenvalue weighted by Gasteiger charge is -2.64. The molecule has 2 atom stereocenters. The van der Waals surface area contributed by atoms with Crippen molar-refractivity contribution < 1.29 is 9.22 Å². The molecule has 2 aliphatic rings. The highest BCUT2D eigenvalue weighted by Gasteiger charge is 2.63. The molecule has 0 aromatic rings. The van der Waals surface area contributed by atoms with Crippen LogP contribution in [0.3, 0.4) is 0 Å². The molecule has 3 nitrogen and oxygen atoms in total. The molecule has 1 aliphatic heterocycles. The van der Waals surface area contributed by atoms with Gasteiger partial charge in [0.25, 0.3) is 0 Å². The first-order valence-electron chi connectivity index (χ1n) is 8.61. The molecule has 0 bridgehead atoms. The Bertz CT molecular complexity index is 376. The molecule has 4 heteroatoms. The van der Waals surface area contributed by atoms with Crippen molar-refractivity contribution in [2.24, 2.45) is 5.92 Å². The fourth-order valence-electron chi connectivity index (χ4n) is 5.14. The topological polar surface area (TPSA) is 29.5 Å². The van der Waals surface area contributed by atoms with E-state index in [0.717, 1.165) is 19.4 Å². The monoisotopic (exact) mass is 311 g/mol. The molecule has 2 rings (SSSR count). The predicted octanol–water partition coefficient (Wildman–Crippen LogP) is 4.19. The Kier molecular flexibility index (Phi) is 4.61. The lowest BCUT2D eigenvalue weighted by atomic mass is 9.57. The SMILES string of the molecule is CC(C)[Si](OCC[C@]12CC[C@H]1C(=O)N2C)(C(C)C)C(C)C. The van der Waals surface area contributed by atoms with Crippen molar-refractivity contribution in [3.8, 4) is 0 Å². The van der Waals surface area contributed by atoms with Crippen LogP contribution in [0.4, 0.5) is 0 Å². The van der Waals surface area contributed by atoms with Crippen LogP contribution in [0, 0.1) is 5.92 Å². The summed E-state index contributed by atoms with van der Waals surface area (Å²) in [5.41, 5.74) is 2.05. The van der Waals surface area contributed by atoms with Gasteiger partial charge in [-0.1, -0.05) is 41.5 Å². The molecule has 1 heterocycles. The Morgan fingerprint density at radius 3 is 2.05 bits per heavy atom. The van der Waals surface area contributed by atoms with Crippen LogP contribution < -0.4 is 0 Å². The van der Waals surface area contributed by atoms with Gasteiger partial charge in [-0.3, -0.25) is 4.79 Å². The standard InChI is InChI=1S/C17H33NO2Si/c1-12(2)21(13(3)4,14(5)6)20-11-10-17-9-8-15(17)16(19)18(17)7/h12-15H,8-11H2,1-7H3/t15-,17+/m0/s1. The first kappa shape index (κ1) is 17.0. The number of likely N-dealkylation sites (tertiary alicyclic amines) is 1. The van der Waals surface area contributed by atoms with Crippen LogP contribution in [0.25, 0.3) is 0 Å². The molecule has 0 aromatic heterocycles. The summed E-state index contributed by atoms with van der Waals surface area (Å²) in [6.07, 6.45) is 3.29. The highest BCUT2D eigenvalue weighted by Crippen LogP contribution is 2.54. The highest BCUT2D eigenvalue weighted by molar-refractivity contribution is 6.77. The van der Waals surface area contributed by atoms with Crippen molar-refractivity contribution in [1.29, 1.82) is 0 Å². The smallest absolute Gasteiger partial charge is 0.228 e. The molecular formula is C17H33NO2Si. The first-order valence-corrected chi connectivity index (χ1v) is 10.8. The summed E-state index contributed by atoms with van der Waals surface area (Å²) in [4.78, 5) is 13.8. The van der Waals surface area contributed by atoms with Gasteiger partial charge in [-0.15, -0.1) is 0 Å². The van der Waals surface area contributed by atoms with Gasteiger partial charge >= 0.3 is 0 Å². The summed E-state index contributed by atoms with van der Waals surface area (Å²) in [6.45, 7) is 14.8. The zero-order valence-corrected chi connectivity index (χ0v) is 15.9. The van der Waals surface area contributed by atoms with Crippen LogP contribution in [-0.4, -0.2) is 38.3 Å². The number of amides is 1. The number of rotatable bonds is 7. The Morgan fingerprint density at radius 1 is 1.19 bits per heavy atom. The Labute approximate surface area is 131 Å². The summed E-state index contributed by atoms with van der Waals surface area (Å²) < 4.78 is 6.65. The van der Waals surface area contributed by atoms with Gasteiger partial charge in [-0.25, -0.2) is 0 Å². The van der Waals surface area contributed by atoms with Gasteiger partial charge in [-0.2, -0.15) is 0 Å². The molecule has 0 spiro atoms. The van der Waals surface area contributed by atoms with Crippen molar-refractivity contribution in [1.82, 2.24) is 4.90 Å². The van der Waals surface area contributed by atoms with Gasteiger partial charge in [0.05, 0.1) is 11.5 Å². The molecule has 0 aromatic carbocycles. The highest BCUT2D eigenvalue weighted by atomic mass is 28.4. The summed E-state index contributed by atoms with van der Waals surface area (Å²) >= 11 is 0. The largest absolute Gasteiger partial charge is 0.416 e. The molecule has 2 fully saturated rings. The third kappa shape index (κ3) is 2.29. The molecule has 1 saturated heterocycles. The van der Waals surface area contributed by atoms with Crippen molar-refractivity contribution in [2.75, 3.05) is 13.7 Å². The van der Waals surface area contributed by atoms with Gasteiger partial charge < -0.3 is 9.33 Å². The van der Waals surface area contributed by atoms with Crippen LogP contribution in [0.2, 0.25) is 16.6 Å². The summed E-state index contributed by atoms with van der Waals surface area (Å²) in [7, 11) is 0.212. The molecule has 0 N–H and O–H groups in total. The molecule has 1 amide bonds. The molecular weight excluding hydrogens is 278 g/mol. The van der Waals surface area contributed by atoms with E-state index in [4.69, 9.17) is 4.43 Å². The van der Waals surface area contributed by atoms with Gasteiger partial charge in [0, 0.05) is 13.7 Å². The third-order valence-electron chi connectivity index (χ3n) is 6.41. The molecule has 21 heavy (non-hydrogen) atoms. The molecule has 1 saturated carbocycles. The number of nitrogens with zero attached hydrogens (tertiary/aromatic N) is 1. The van der Waals surface area contributed by atoms with Crippen molar-refractivity contribution >= 4 is 14.2 Å². The number of piperidine rings is 1. The second-order valence-corrected chi connectivity index (χ2v) is 13.5. The lowest BCUT2D eigenvalue weighted by Crippen LogP contribution is -2.75. The summed E-state index contributed by atoms with van der Waals surface area (Å²) in [6, 6.07) is 0. The van der Waals surface area contributed by atoms with E-state index in [-0.39, 0.29) is 5.54 Å². The number of hydrogen-bond acceptors (Lipinski definition) is 2. The van der Waals surface area contributed by atoms with Crippen LogP contribution in [-0.2, 0) is 9.22 Å². The molecule has 122 valence electrons. The minimum Gasteiger partial charge on any atom is -0.416 e. The minimum atomic E-state index is -1.76. The number of hydrogen-bond donors (Lipinski definition) is 0. The van der Waals surface area contributed by atoms with E-state index >= 15 is 0 Å². The van der Waals surface area contributed by atoms with E-state index in [0.29, 0.717) is 28.4 Å². The summed E-state index contributed by atoms with van der Waals surface area (Å²) in [5.74, 6) is 0.653. The first-order chi connectivity index (χ1) is 9.70. The maximum Gasteiger partial charge on any atom is 0.228 e. The second kappa shape index (κ2) is 5.69. The number of carbonyl (C=O) groups is 1. The average molecular weight is 312 g/mol. The van der Waals surface area contributed by atoms with E-state index in [1.807, 2.05) is 11.9 Å². The van der Waals surface area contributed by atoms with E-state index in [1.54, 1.807) is 0 Å². The molecule has 0 radical (unpaired) electrons. The van der Waals surface area contributed by atoms with Gasteiger partial charge in [0.2, 0.25) is 5.91 Å². The van der Waals surface area contributed by atoms with E-state index in [1.165, 1.54) is 6.42 Å². The van der Waals surface area contributed by atoms with Crippen LogP contribution in [0.15, 0.2) is 0 Å². The Morgan fingerprint density at radius 2 is 1.71 bits per heavy atom. The van der Waals surface area contributed by atoms with Gasteiger partial charge in [0.1, 0.15) is 0 Å². The number of fused-ring (bicyclic) bond motifs is 1. The Hall–Kier alpha value is -0.353. The normalized spacial score (nSPS) is 29.0. The van der Waals surface area contributed by atoms with Crippen molar-refractivity contribution in [2.45, 2.75) is 83.0 Å². The van der Waals surface area contributed by atoms with Crippen LogP contribution in [0.1, 0.15) is 60.8 Å². The van der Waals surface area contributed by atoms with Crippen LogP contribution >= 0.6 is 0 Å². The average Bonchev–Trinajstić information content (AvgIpc) is 2.35. The second-order valence-electron chi connectivity index (χ2n) is 8.01. The molecule has 0 unspecified atom stereocenters. The van der Waals surface area contributed by atoms with Gasteiger partial charge in [0.15, 0.2) is 8.32 Å². The quantitative estimate of drug-likeness (QED) is 0.521. The predicted molar refractivity (Wildman–Crippen MR) is 89.8 cm³/mol. The van der Waals surface area contributed by atoms with Gasteiger partial charge in [-0.05, 0) is 35.9 Å². The zero-order chi connectivity index (χ0) is 16.0. The Balaban J connectivity index is 1.99. The van der Waals surface area contributed by atoms with Crippen molar-refractivity contribution in [3.05, 3.63) is 0 Å². The number of β-lactam (4-membered cyclic amide) rings is 1. The van der Waals surface area contributed by atoms with Crippen LogP contribution in [0.5, 0.6) is 0 Å². The fraction of sp³-hybridized carbons (Fsp3) is 0.941. The van der Waals surface area contributed by atoms with E-state index < -0.39 is 8.32 Å². The minimum absolute atomic E-state index is 0.155. The van der Waals surface area contributed by atoms with E-state index in [2.05, 4.69) is 41.5 Å². The molecule has 1 aliphatic carbocycles. The number of carbonyl (C=O) groups excluding carboxylic acids is 1. The lowest BCUT2D eigenvalue weighted by molar-refractivity contribution is -0.189. The maximum absolute atomic E-state index is 11.8. The maximum atomic E-state index is 11.8. The zero-order valence-electron chi connectivity index (χ0n) is 14.9. The fourth-order valence-corrected chi connectivity index (χ4v) is 10.6. The third-order valence-corrected chi connectivity index (χ3v) is 12.5.